The third-order valence-electron chi connectivity index (χ3n) is 8.26. The highest BCUT2D eigenvalue weighted by atomic mass is 19.4. The summed E-state index contributed by atoms with van der Waals surface area (Å²) in [5, 5.41) is 16.5. The van der Waals surface area contributed by atoms with Crippen molar-refractivity contribution in [3.05, 3.63) is 53.9 Å². The zero-order chi connectivity index (χ0) is 28.9. The maximum absolute atomic E-state index is 13.4. The van der Waals surface area contributed by atoms with Gasteiger partial charge in [-0.2, -0.15) is 5.10 Å². The molecule has 0 radical (unpaired) electrons. The number of aliphatic hydroxyl groups excluding tert-OH is 1. The molecule has 3 N–H and O–H groups in total. The summed E-state index contributed by atoms with van der Waals surface area (Å²) in [6, 6.07) is 9.48. The van der Waals surface area contributed by atoms with Crippen LogP contribution in [0.25, 0.3) is 33.5 Å². The third kappa shape index (κ3) is 5.55. The number of aromatic nitrogens is 4. The fourth-order valence-corrected chi connectivity index (χ4v) is 6.10. The molecule has 1 atom stereocenters. The van der Waals surface area contributed by atoms with Crippen molar-refractivity contribution in [1.29, 1.82) is 0 Å². The average molecular weight is 568 g/mol. The van der Waals surface area contributed by atoms with E-state index in [0.717, 1.165) is 66.8 Å². The molecule has 6 rings (SSSR count). The molecular weight excluding hydrogens is 535 g/mol. The normalized spacial score (nSPS) is 17.2. The Morgan fingerprint density at radius 1 is 1.12 bits per heavy atom. The van der Waals surface area contributed by atoms with Crippen LogP contribution in [0.1, 0.15) is 66.9 Å². The molecule has 0 bridgehead atoms. The molecule has 2 fully saturated rings. The van der Waals surface area contributed by atoms with E-state index in [1.165, 1.54) is 18.6 Å². The second kappa shape index (κ2) is 10.5. The van der Waals surface area contributed by atoms with Gasteiger partial charge >= 0.3 is 6.36 Å². The highest BCUT2D eigenvalue weighted by Crippen LogP contribution is 2.47. The SMILES string of the molecule is Cn1c(-c2ccc(C(N)=O)cc2OC(F)(F)F)nc(-c2cccc3nn(C[C@@H](O)C4CCCCC4)cc23)c1C1CC1. The van der Waals surface area contributed by atoms with Crippen molar-refractivity contribution in [1.82, 2.24) is 19.3 Å². The van der Waals surface area contributed by atoms with Crippen molar-refractivity contribution < 1.29 is 27.8 Å². The van der Waals surface area contributed by atoms with Crippen LogP contribution in [0.4, 0.5) is 13.2 Å². The second-order valence-corrected chi connectivity index (χ2v) is 11.2. The van der Waals surface area contributed by atoms with Crippen molar-refractivity contribution in [2.24, 2.45) is 18.7 Å². The quantitative estimate of drug-likeness (QED) is 0.275. The van der Waals surface area contributed by atoms with E-state index in [1.807, 2.05) is 29.0 Å². The molecule has 2 heterocycles. The van der Waals surface area contributed by atoms with Crippen LogP contribution in [0, 0.1) is 5.92 Å². The molecule has 8 nitrogen and oxygen atoms in total. The van der Waals surface area contributed by atoms with Crippen molar-refractivity contribution in [2.45, 2.75) is 69.9 Å². The number of rotatable bonds is 8. The molecule has 0 saturated heterocycles. The highest BCUT2D eigenvalue weighted by molar-refractivity contribution is 5.96. The number of imidazole rings is 1. The maximum Gasteiger partial charge on any atom is 0.573 e. The van der Waals surface area contributed by atoms with Crippen molar-refractivity contribution in [3.63, 3.8) is 0 Å². The second-order valence-electron chi connectivity index (χ2n) is 11.2. The number of nitrogens with zero attached hydrogens (tertiary/aromatic N) is 4. The molecule has 2 saturated carbocycles. The summed E-state index contributed by atoms with van der Waals surface area (Å²) in [6.07, 6.45) is 3.90. The number of hydrogen-bond donors (Lipinski definition) is 2. The number of alkyl halides is 3. The lowest BCUT2D eigenvalue weighted by Gasteiger charge is -2.26. The minimum Gasteiger partial charge on any atom is -0.405 e. The van der Waals surface area contributed by atoms with E-state index in [9.17, 15) is 23.1 Å². The zero-order valence-corrected chi connectivity index (χ0v) is 22.7. The van der Waals surface area contributed by atoms with E-state index >= 15 is 0 Å². The van der Waals surface area contributed by atoms with Gasteiger partial charge in [0.15, 0.2) is 0 Å². The predicted molar refractivity (Wildman–Crippen MR) is 147 cm³/mol. The minimum absolute atomic E-state index is 0.0986. The Hall–Kier alpha value is -3.86. The van der Waals surface area contributed by atoms with E-state index in [1.54, 1.807) is 11.7 Å². The van der Waals surface area contributed by atoms with Crippen molar-refractivity contribution in [3.8, 4) is 28.4 Å². The van der Waals surface area contributed by atoms with Gasteiger partial charge in [0, 0.05) is 41.4 Å². The highest BCUT2D eigenvalue weighted by Gasteiger charge is 2.36. The van der Waals surface area contributed by atoms with Crippen LogP contribution in [0.3, 0.4) is 0 Å². The number of ether oxygens (including phenoxy) is 1. The first-order valence-electron chi connectivity index (χ1n) is 14.0. The molecule has 1 amide bonds. The molecule has 41 heavy (non-hydrogen) atoms. The van der Waals surface area contributed by atoms with Crippen molar-refractivity contribution in [2.75, 3.05) is 0 Å². The lowest BCUT2D eigenvalue weighted by Crippen LogP contribution is -2.27. The lowest BCUT2D eigenvalue weighted by molar-refractivity contribution is -0.274. The first-order chi connectivity index (χ1) is 19.6. The van der Waals surface area contributed by atoms with Crippen LogP contribution in [-0.2, 0) is 13.6 Å². The van der Waals surface area contributed by atoms with Gasteiger partial charge in [0.1, 0.15) is 11.6 Å². The number of amides is 1. The molecule has 0 aliphatic heterocycles. The Kier molecular flexibility index (Phi) is 7.01. The van der Waals surface area contributed by atoms with E-state index in [4.69, 9.17) is 15.8 Å². The number of halogens is 3. The van der Waals surface area contributed by atoms with Crippen LogP contribution >= 0.6 is 0 Å². The lowest BCUT2D eigenvalue weighted by atomic mass is 9.85. The number of benzene rings is 2. The van der Waals surface area contributed by atoms with Crippen molar-refractivity contribution >= 4 is 16.8 Å². The number of carbonyl (C=O) groups is 1. The average Bonchev–Trinajstić information content (AvgIpc) is 3.59. The topological polar surface area (TPSA) is 108 Å². The van der Waals surface area contributed by atoms with E-state index in [2.05, 4.69) is 4.74 Å². The van der Waals surface area contributed by atoms with Crippen LogP contribution in [-0.4, -0.2) is 42.8 Å². The van der Waals surface area contributed by atoms with Gasteiger partial charge in [-0.1, -0.05) is 31.4 Å². The minimum atomic E-state index is -4.97. The number of hydrogen-bond acceptors (Lipinski definition) is 5. The van der Waals surface area contributed by atoms with Crippen LogP contribution < -0.4 is 10.5 Å². The van der Waals surface area contributed by atoms with Gasteiger partial charge in [0.25, 0.3) is 0 Å². The van der Waals surface area contributed by atoms with Gasteiger partial charge in [-0.25, -0.2) is 4.98 Å². The molecule has 2 aromatic carbocycles. The number of aliphatic hydroxyl groups is 1. The fourth-order valence-electron chi connectivity index (χ4n) is 6.10. The molecule has 0 unspecified atom stereocenters. The number of nitrogens with two attached hydrogens (primary N) is 1. The van der Waals surface area contributed by atoms with E-state index < -0.39 is 24.1 Å². The number of primary amides is 1. The smallest absolute Gasteiger partial charge is 0.405 e. The molecule has 216 valence electrons. The first-order valence-corrected chi connectivity index (χ1v) is 14.0. The van der Waals surface area contributed by atoms with E-state index in [0.29, 0.717) is 12.2 Å². The van der Waals surface area contributed by atoms with Crippen LogP contribution in [0.5, 0.6) is 5.75 Å². The van der Waals surface area contributed by atoms with Gasteiger partial charge in [0.2, 0.25) is 5.91 Å². The monoisotopic (exact) mass is 567 g/mol. The molecule has 2 aliphatic rings. The van der Waals surface area contributed by atoms with Gasteiger partial charge in [-0.05, 0) is 55.9 Å². The summed E-state index contributed by atoms with van der Waals surface area (Å²) >= 11 is 0. The number of carbonyl (C=O) groups excluding carboxylic acids is 1. The Balaban J connectivity index is 1.43. The molecule has 4 aromatic rings. The molecule has 11 heteroatoms. The number of fused-ring (bicyclic) bond motifs is 1. The van der Waals surface area contributed by atoms with Gasteiger partial charge in [-0.3, -0.25) is 9.48 Å². The van der Waals surface area contributed by atoms with Gasteiger partial charge in [0.05, 0.1) is 29.4 Å². The zero-order valence-electron chi connectivity index (χ0n) is 22.7. The molecule has 0 spiro atoms. The first kappa shape index (κ1) is 27.3. The standard InChI is InChI=1S/C30H32F3N5O3/c1-37-27(18-10-11-18)26(35-29(37)21-13-12-19(28(34)40)14-25(21)41-30(31,32)33)20-8-5-9-23-22(20)15-38(36-23)16-24(39)17-6-3-2-4-7-17/h5,8-9,12-15,17-18,24,39H,2-4,6-7,10-11,16H2,1H3,(H2,34,40)/t24-/m1/s1. The van der Waals surface area contributed by atoms with E-state index in [-0.39, 0.29) is 28.8 Å². The predicted octanol–water partition coefficient (Wildman–Crippen LogP) is 5.92. The third-order valence-corrected chi connectivity index (χ3v) is 8.26. The summed E-state index contributed by atoms with van der Waals surface area (Å²) in [7, 11) is 1.78. The summed E-state index contributed by atoms with van der Waals surface area (Å²) in [4.78, 5) is 16.6. The summed E-state index contributed by atoms with van der Waals surface area (Å²) in [6.45, 7) is 0.395. The van der Waals surface area contributed by atoms with Crippen LogP contribution in [0.2, 0.25) is 0 Å². The Morgan fingerprint density at radius 3 is 2.56 bits per heavy atom. The molecular formula is C30H32F3N5O3. The molecule has 2 aromatic heterocycles. The van der Waals surface area contributed by atoms with Gasteiger partial charge in [-0.15, -0.1) is 13.2 Å². The Labute approximate surface area is 234 Å². The Bertz CT molecular complexity index is 1600. The summed E-state index contributed by atoms with van der Waals surface area (Å²) < 4.78 is 48.0. The summed E-state index contributed by atoms with van der Waals surface area (Å²) in [5.74, 6) is -0.635. The molecule has 2 aliphatic carbocycles. The van der Waals surface area contributed by atoms with Crippen LogP contribution in [0.15, 0.2) is 42.6 Å². The van der Waals surface area contributed by atoms with Gasteiger partial charge < -0.3 is 20.1 Å². The summed E-state index contributed by atoms with van der Waals surface area (Å²) in [5.41, 5.74) is 8.47. The maximum atomic E-state index is 13.4. The Morgan fingerprint density at radius 2 is 1.88 bits per heavy atom. The largest absolute Gasteiger partial charge is 0.573 e. The fraction of sp³-hybridized carbons (Fsp3) is 0.433.